The van der Waals surface area contributed by atoms with Crippen molar-refractivity contribution >= 4 is 39.8 Å². The van der Waals surface area contributed by atoms with E-state index in [-0.39, 0.29) is 18.4 Å². The van der Waals surface area contributed by atoms with Gasteiger partial charge >= 0.3 is 5.97 Å². The maximum absolute atomic E-state index is 12.7. The second-order valence-electron chi connectivity index (χ2n) is 6.46. The third-order valence-corrected chi connectivity index (χ3v) is 5.72. The molecule has 1 heterocycles. The number of hydrogen-bond acceptors (Lipinski definition) is 5. The predicted molar refractivity (Wildman–Crippen MR) is 105 cm³/mol. The number of nitrogens with zero attached hydrogens (tertiary/aromatic N) is 1. The fourth-order valence-electron chi connectivity index (χ4n) is 3.12. The lowest BCUT2D eigenvalue weighted by atomic mass is 9.95. The van der Waals surface area contributed by atoms with E-state index in [1.54, 1.807) is 7.05 Å². The Morgan fingerprint density at radius 2 is 1.85 bits per heavy atom. The highest BCUT2D eigenvalue weighted by atomic mass is 32.1. The lowest BCUT2D eigenvalue weighted by molar-refractivity contribution is -0.121. The molecule has 6 nitrogen and oxygen atoms in total. The zero-order chi connectivity index (χ0) is 19.4. The number of benzene rings is 1. The minimum Gasteiger partial charge on any atom is -0.452 e. The van der Waals surface area contributed by atoms with Crippen LogP contribution in [0.1, 0.15) is 40.6 Å². The van der Waals surface area contributed by atoms with Gasteiger partial charge in [-0.3, -0.25) is 9.59 Å². The number of thiophene rings is 1. The Kier molecular flexibility index (Phi) is 5.91. The Hall–Kier alpha value is -2.67. The van der Waals surface area contributed by atoms with Gasteiger partial charge in [0.2, 0.25) is 5.91 Å². The maximum Gasteiger partial charge on any atom is 0.341 e. The highest BCUT2D eigenvalue weighted by Crippen LogP contribution is 2.38. The summed E-state index contributed by atoms with van der Waals surface area (Å²) in [7, 11) is 1.64. The topological polar surface area (TPSA) is 75.7 Å². The van der Waals surface area contributed by atoms with E-state index in [1.165, 1.54) is 23.2 Å². The van der Waals surface area contributed by atoms with Gasteiger partial charge in [0.1, 0.15) is 5.00 Å². The molecule has 0 spiro atoms. The van der Waals surface area contributed by atoms with Crippen LogP contribution in [-0.2, 0) is 27.2 Å². The minimum atomic E-state index is -0.562. The van der Waals surface area contributed by atoms with E-state index in [4.69, 9.17) is 4.74 Å². The average Bonchev–Trinajstić information content (AvgIpc) is 3.03. The Morgan fingerprint density at radius 3 is 2.56 bits per heavy atom. The minimum absolute atomic E-state index is 0.234. The number of aryl methyl sites for hydroxylation is 1. The van der Waals surface area contributed by atoms with Crippen LogP contribution in [0.5, 0.6) is 0 Å². The molecule has 1 aliphatic carbocycles. The van der Waals surface area contributed by atoms with Gasteiger partial charge in [0.25, 0.3) is 5.91 Å². The number of esters is 1. The first-order valence-electron chi connectivity index (χ1n) is 8.88. The molecule has 2 amide bonds. The van der Waals surface area contributed by atoms with Gasteiger partial charge in [-0.05, 0) is 43.4 Å². The standard InChI is InChI=1S/C20H22N2O4S/c1-13(23)21-19-18(15-10-6-7-11-16(15)27-19)20(25)26-12-17(24)22(2)14-8-4-3-5-9-14/h3-5,8-9H,6-7,10-12H2,1-2H3,(H,21,23). The summed E-state index contributed by atoms with van der Waals surface area (Å²) < 4.78 is 5.30. The molecule has 27 heavy (non-hydrogen) atoms. The highest BCUT2D eigenvalue weighted by molar-refractivity contribution is 7.17. The second-order valence-corrected chi connectivity index (χ2v) is 7.57. The number of fused-ring (bicyclic) bond motifs is 1. The lowest BCUT2D eigenvalue weighted by Gasteiger charge is -2.17. The molecule has 1 aliphatic rings. The molecule has 0 fully saturated rings. The van der Waals surface area contributed by atoms with Gasteiger partial charge in [-0.15, -0.1) is 11.3 Å². The summed E-state index contributed by atoms with van der Waals surface area (Å²) in [5.74, 6) is -1.12. The summed E-state index contributed by atoms with van der Waals surface area (Å²) in [5.41, 5.74) is 2.08. The highest BCUT2D eigenvalue weighted by Gasteiger charge is 2.27. The normalized spacial score (nSPS) is 12.8. The van der Waals surface area contributed by atoms with Crippen molar-refractivity contribution < 1.29 is 19.1 Å². The summed E-state index contributed by atoms with van der Waals surface area (Å²) in [4.78, 5) is 39.1. The van der Waals surface area contributed by atoms with Crippen LogP contribution in [0.4, 0.5) is 10.7 Å². The predicted octanol–water partition coefficient (Wildman–Crippen LogP) is 3.41. The van der Waals surface area contributed by atoms with E-state index < -0.39 is 5.97 Å². The zero-order valence-electron chi connectivity index (χ0n) is 15.4. The van der Waals surface area contributed by atoms with Crippen molar-refractivity contribution in [3.05, 3.63) is 46.3 Å². The Bertz CT molecular complexity index is 860. The first kappa shape index (κ1) is 19.1. The molecule has 2 aromatic rings. The van der Waals surface area contributed by atoms with E-state index in [1.807, 2.05) is 30.3 Å². The molecule has 7 heteroatoms. The van der Waals surface area contributed by atoms with Crippen LogP contribution in [0.15, 0.2) is 30.3 Å². The molecule has 0 saturated carbocycles. The molecule has 0 atom stereocenters. The fraction of sp³-hybridized carbons (Fsp3) is 0.350. The van der Waals surface area contributed by atoms with Crippen molar-refractivity contribution in [2.45, 2.75) is 32.6 Å². The maximum atomic E-state index is 12.7. The molecule has 0 bridgehead atoms. The number of ether oxygens (including phenoxy) is 1. The molecular formula is C20H22N2O4S. The summed E-state index contributed by atoms with van der Waals surface area (Å²) in [6.45, 7) is 1.06. The monoisotopic (exact) mass is 386 g/mol. The van der Waals surface area contributed by atoms with Crippen LogP contribution in [0, 0.1) is 0 Å². The van der Waals surface area contributed by atoms with Crippen molar-refractivity contribution in [1.82, 2.24) is 0 Å². The van der Waals surface area contributed by atoms with Crippen LogP contribution < -0.4 is 10.2 Å². The molecule has 3 rings (SSSR count). The molecular weight excluding hydrogens is 364 g/mol. The smallest absolute Gasteiger partial charge is 0.341 e. The molecule has 1 aromatic heterocycles. The van der Waals surface area contributed by atoms with Crippen molar-refractivity contribution in [3.63, 3.8) is 0 Å². The van der Waals surface area contributed by atoms with E-state index in [2.05, 4.69) is 5.32 Å². The molecule has 1 N–H and O–H groups in total. The van der Waals surface area contributed by atoms with Crippen molar-refractivity contribution in [3.8, 4) is 0 Å². The Morgan fingerprint density at radius 1 is 1.15 bits per heavy atom. The molecule has 1 aromatic carbocycles. The molecule has 0 aliphatic heterocycles. The number of carbonyl (C=O) groups excluding carboxylic acids is 3. The zero-order valence-corrected chi connectivity index (χ0v) is 16.2. The van der Waals surface area contributed by atoms with Crippen molar-refractivity contribution in [1.29, 1.82) is 0 Å². The van der Waals surface area contributed by atoms with Crippen LogP contribution in [0.25, 0.3) is 0 Å². The van der Waals surface area contributed by atoms with E-state index in [0.717, 1.165) is 41.8 Å². The molecule has 142 valence electrons. The van der Waals surface area contributed by atoms with Gasteiger partial charge < -0.3 is 15.0 Å². The number of carbonyl (C=O) groups is 3. The van der Waals surface area contributed by atoms with Gasteiger partial charge in [-0.2, -0.15) is 0 Å². The molecule has 0 unspecified atom stereocenters. The van der Waals surface area contributed by atoms with Gasteiger partial charge in [-0.1, -0.05) is 18.2 Å². The van der Waals surface area contributed by atoms with Crippen LogP contribution in [-0.4, -0.2) is 31.4 Å². The van der Waals surface area contributed by atoms with Gasteiger partial charge in [0.15, 0.2) is 6.61 Å². The Labute approximate surface area is 162 Å². The second kappa shape index (κ2) is 8.35. The number of likely N-dealkylation sites (N-methyl/N-ethyl adjacent to an activating group) is 1. The largest absolute Gasteiger partial charge is 0.452 e. The SMILES string of the molecule is CC(=O)Nc1sc2c(c1C(=O)OCC(=O)N(C)c1ccccc1)CCCC2. The van der Waals surface area contributed by atoms with Gasteiger partial charge in [0, 0.05) is 24.5 Å². The van der Waals surface area contributed by atoms with E-state index in [0.29, 0.717) is 10.6 Å². The first-order valence-corrected chi connectivity index (χ1v) is 9.70. The quantitative estimate of drug-likeness (QED) is 0.799. The number of para-hydroxylation sites is 1. The third-order valence-electron chi connectivity index (χ3n) is 4.51. The third kappa shape index (κ3) is 4.36. The van der Waals surface area contributed by atoms with E-state index >= 15 is 0 Å². The lowest BCUT2D eigenvalue weighted by Crippen LogP contribution is -2.31. The summed E-state index contributed by atoms with van der Waals surface area (Å²) in [6.07, 6.45) is 3.75. The fourth-order valence-corrected chi connectivity index (χ4v) is 4.45. The molecule has 0 saturated heterocycles. The Balaban J connectivity index is 1.73. The average molecular weight is 386 g/mol. The summed E-state index contributed by atoms with van der Waals surface area (Å²) >= 11 is 1.43. The number of hydrogen-bond donors (Lipinski definition) is 1. The van der Waals surface area contributed by atoms with E-state index in [9.17, 15) is 14.4 Å². The van der Waals surface area contributed by atoms with Crippen molar-refractivity contribution in [2.75, 3.05) is 23.9 Å². The molecule has 0 radical (unpaired) electrons. The first-order chi connectivity index (χ1) is 13.0. The van der Waals surface area contributed by atoms with Gasteiger partial charge in [-0.25, -0.2) is 4.79 Å². The summed E-state index contributed by atoms with van der Waals surface area (Å²) in [5, 5.41) is 3.25. The number of rotatable bonds is 5. The summed E-state index contributed by atoms with van der Waals surface area (Å²) in [6, 6.07) is 9.16. The number of amides is 2. The number of anilines is 2. The van der Waals surface area contributed by atoms with Crippen LogP contribution in [0.3, 0.4) is 0 Å². The van der Waals surface area contributed by atoms with Gasteiger partial charge in [0.05, 0.1) is 5.56 Å². The van der Waals surface area contributed by atoms with Crippen LogP contribution >= 0.6 is 11.3 Å². The number of nitrogens with one attached hydrogen (secondary N) is 1. The van der Waals surface area contributed by atoms with Crippen molar-refractivity contribution in [2.24, 2.45) is 0 Å². The van der Waals surface area contributed by atoms with Crippen LogP contribution in [0.2, 0.25) is 0 Å².